The molecule has 0 aliphatic carbocycles. The molecule has 13 heteroatoms. The second-order valence-electron chi connectivity index (χ2n) is 14.2. The Hall–Kier alpha value is -4.70. The Morgan fingerprint density at radius 3 is 2.25 bits per heavy atom. The average molecular weight is 663 g/mol. The van der Waals surface area contributed by atoms with Crippen LogP contribution in [0.2, 0.25) is 0 Å². The number of ether oxygens (including phenoxy) is 4. The Bertz CT molecular complexity index is 1910. The lowest BCUT2D eigenvalue weighted by Gasteiger charge is -2.29. The van der Waals surface area contributed by atoms with Gasteiger partial charge >= 0.3 is 12.2 Å². The number of amides is 2. The van der Waals surface area contributed by atoms with Gasteiger partial charge < -0.3 is 18.9 Å². The molecule has 4 heterocycles. The van der Waals surface area contributed by atoms with Crippen LogP contribution in [0.5, 0.6) is 5.75 Å². The lowest BCUT2D eigenvalue weighted by atomic mass is 10.1. The van der Waals surface area contributed by atoms with Gasteiger partial charge in [-0.15, -0.1) is 0 Å². The minimum Gasteiger partial charge on any atom is -0.489 e. The summed E-state index contributed by atoms with van der Waals surface area (Å²) >= 11 is 0. The fourth-order valence-electron chi connectivity index (χ4n) is 5.71. The fraction of sp³-hybridized carbons (Fsp3) is 0.514. The molecule has 1 fully saturated rings. The molecule has 1 unspecified atom stereocenters. The quantitative estimate of drug-likeness (QED) is 0.207. The van der Waals surface area contributed by atoms with E-state index in [1.165, 1.54) is 10.6 Å². The number of aromatic nitrogens is 4. The summed E-state index contributed by atoms with van der Waals surface area (Å²) in [5.41, 5.74) is -0.659. The van der Waals surface area contributed by atoms with Crippen LogP contribution in [0.25, 0.3) is 27.6 Å². The van der Waals surface area contributed by atoms with Crippen molar-refractivity contribution >= 4 is 39.9 Å². The normalized spacial score (nSPS) is 15.5. The van der Waals surface area contributed by atoms with E-state index in [2.05, 4.69) is 11.2 Å². The van der Waals surface area contributed by atoms with Crippen LogP contribution in [0.1, 0.15) is 97.7 Å². The van der Waals surface area contributed by atoms with Gasteiger partial charge in [0.15, 0.2) is 12.0 Å². The molecule has 3 aromatic heterocycles. The Labute approximate surface area is 279 Å². The lowest BCUT2D eigenvalue weighted by Crippen LogP contribution is -2.45. The van der Waals surface area contributed by atoms with Crippen molar-refractivity contribution in [3.63, 3.8) is 0 Å². The van der Waals surface area contributed by atoms with Gasteiger partial charge in [0.25, 0.3) is 0 Å². The molecule has 0 N–H and O–H groups in total. The summed E-state index contributed by atoms with van der Waals surface area (Å²) in [5, 5.41) is 16.1. The van der Waals surface area contributed by atoms with Crippen LogP contribution in [0, 0.1) is 31.0 Å². The number of hydrogen-bond donors (Lipinski definition) is 0. The van der Waals surface area contributed by atoms with Crippen molar-refractivity contribution in [3.05, 3.63) is 41.0 Å². The molecule has 5 rings (SSSR count). The van der Waals surface area contributed by atoms with Crippen molar-refractivity contribution in [1.82, 2.24) is 19.3 Å². The van der Waals surface area contributed by atoms with Crippen molar-refractivity contribution in [2.75, 3.05) is 11.5 Å². The molecule has 1 atom stereocenters. The van der Waals surface area contributed by atoms with E-state index in [9.17, 15) is 14.9 Å². The maximum Gasteiger partial charge on any atom is 0.425 e. The van der Waals surface area contributed by atoms with Gasteiger partial charge in [0.05, 0.1) is 29.2 Å². The molecular formula is C35H43FN6O6. The number of aryl methyl sites for hydroxylation is 1. The van der Waals surface area contributed by atoms with Crippen LogP contribution >= 0.6 is 0 Å². The molecule has 1 aromatic carbocycles. The molecule has 256 valence electrons. The van der Waals surface area contributed by atoms with Crippen LogP contribution in [-0.2, 0) is 14.2 Å². The third kappa shape index (κ3) is 6.67. The number of fused-ring (bicyclic) bond motifs is 2. The summed E-state index contributed by atoms with van der Waals surface area (Å²) in [6, 6.07) is 5.21. The number of pyridine rings is 1. The number of halogens is 1. The van der Waals surface area contributed by atoms with E-state index in [0.717, 1.165) is 12.8 Å². The van der Waals surface area contributed by atoms with Gasteiger partial charge in [-0.2, -0.15) is 15.3 Å². The van der Waals surface area contributed by atoms with E-state index < -0.39 is 35.4 Å². The van der Waals surface area contributed by atoms with Crippen molar-refractivity contribution in [3.8, 4) is 17.5 Å². The molecule has 0 bridgehead atoms. The van der Waals surface area contributed by atoms with E-state index in [1.54, 1.807) is 72.3 Å². The van der Waals surface area contributed by atoms with E-state index in [4.69, 9.17) is 23.9 Å². The van der Waals surface area contributed by atoms with Gasteiger partial charge in [-0.05, 0) is 94.6 Å². The number of benzene rings is 1. The van der Waals surface area contributed by atoms with E-state index in [1.807, 2.05) is 13.8 Å². The van der Waals surface area contributed by atoms with Crippen molar-refractivity contribution in [2.45, 2.75) is 112 Å². The molecule has 0 radical (unpaired) electrons. The molecule has 1 aliphatic heterocycles. The molecule has 4 aromatic rings. The van der Waals surface area contributed by atoms with Gasteiger partial charge in [0, 0.05) is 29.0 Å². The monoisotopic (exact) mass is 662 g/mol. The maximum absolute atomic E-state index is 16.1. The third-order valence-corrected chi connectivity index (χ3v) is 7.62. The molecule has 0 saturated carbocycles. The first-order valence-electron chi connectivity index (χ1n) is 16.1. The second-order valence-corrected chi connectivity index (χ2v) is 14.2. The molecule has 1 aliphatic rings. The fourth-order valence-corrected chi connectivity index (χ4v) is 5.71. The van der Waals surface area contributed by atoms with Gasteiger partial charge in [0.1, 0.15) is 40.0 Å². The maximum atomic E-state index is 16.1. The Morgan fingerprint density at radius 2 is 1.71 bits per heavy atom. The first-order chi connectivity index (χ1) is 22.4. The minimum absolute atomic E-state index is 0.0948. The smallest absolute Gasteiger partial charge is 0.425 e. The first kappa shape index (κ1) is 34.6. The molecule has 2 amide bonds. The summed E-state index contributed by atoms with van der Waals surface area (Å²) in [6.07, 6.45) is 1.32. The number of carbonyl (C=O) groups excluding carboxylic acids is 2. The van der Waals surface area contributed by atoms with Crippen LogP contribution in [0.15, 0.2) is 18.3 Å². The van der Waals surface area contributed by atoms with Crippen LogP contribution in [0.3, 0.4) is 0 Å². The Morgan fingerprint density at radius 1 is 1.06 bits per heavy atom. The van der Waals surface area contributed by atoms with Crippen LogP contribution < -0.4 is 9.64 Å². The summed E-state index contributed by atoms with van der Waals surface area (Å²) in [6.45, 7) is 17.5. The largest absolute Gasteiger partial charge is 0.489 e. The van der Waals surface area contributed by atoms with Crippen molar-refractivity contribution in [2.24, 2.45) is 0 Å². The van der Waals surface area contributed by atoms with Crippen molar-refractivity contribution in [1.29, 1.82) is 5.26 Å². The standard InChI is InChI=1S/C35H43FN6O6/c1-19(2)46-27-15-22-23(17-37)31(41(32(43)47-34(5,6)7)33(44)48-35(8,9)10)40(30(22)39-21(27)4)29-20(3)25(36)16-26-24(29)18-38-42(26)28-13-11-12-14-45-28/h15-16,18-19,28H,11-14H2,1-10H3. The third-order valence-electron chi connectivity index (χ3n) is 7.62. The van der Waals surface area contributed by atoms with Gasteiger partial charge in [-0.3, -0.25) is 4.57 Å². The highest BCUT2D eigenvalue weighted by Gasteiger charge is 2.39. The number of rotatable bonds is 5. The zero-order chi connectivity index (χ0) is 35.3. The number of nitriles is 1. The highest BCUT2D eigenvalue weighted by molar-refractivity contribution is 6.13. The van der Waals surface area contributed by atoms with E-state index in [-0.39, 0.29) is 39.8 Å². The Balaban J connectivity index is 1.94. The average Bonchev–Trinajstić information content (AvgIpc) is 3.51. The predicted molar refractivity (Wildman–Crippen MR) is 178 cm³/mol. The summed E-state index contributed by atoms with van der Waals surface area (Å²) in [4.78, 5) is 33.6. The minimum atomic E-state index is -1.09. The molecule has 48 heavy (non-hydrogen) atoms. The number of hydrogen-bond acceptors (Lipinski definition) is 9. The number of anilines is 1. The molecule has 1 saturated heterocycles. The van der Waals surface area contributed by atoms with Crippen LogP contribution in [-0.4, -0.2) is 55.4 Å². The molecule has 12 nitrogen and oxygen atoms in total. The predicted octanol–water partition coefficient (Wildman–Crippen LogP) is 8.17. The lowest BCUT2D eigenvalue weighted by molar-refractivity contribution is -0.0367. The Kier molecular flexibility index (Phi) is 9.18. The highest BCUT2D eigenvalue weighted by atomic mass is 19.1. The van der Waals surface area contributed by atoms with Crippen molar-refractivity contribution < 1.29 is 32.9 Å². The SMILES string of the molecule is Cc1nc2c(cc1OC(C)C)c(C#N)c(N(C(=O)OC(C)(C)C)C(=O)OC(C)(C)C)n2-c1c(C)c(F)cc2c1cnn2C1CCCCO1. The zero-order valence-electron chi connectivity index (χ0n) is 29.2. The molecule has 0 spiro atoms. The topological polar surface area (TPSA) is 134 Å². The summed E-state index contributed by atoms with van der Waals surface area (Å²) in [7, 11) is 0. The number of carbonyl (C=O) groups is 2. The highest BCUT2D eigenvalue weighted by Crippen LogP contribution is 2.42. The van der Waals surface area contributed by atoms with Gasteiger partial charge in [0.2, 0.25) is 0 Å². The van der Waals surface area contributed by atoms with Gasteiger partial charge in [-0.1, -0.05) is 0 Å². The molecular weight excluding hydrogens is 619 g/mol. The summed E-state index contributed by atoms with van der Waals surface area (Å²) < 4.78 is 42.6. The van der Waals surface area contributed by atoms with Gasteiger partial charge in [-0.25, -0.2) is 23.6 Å². The number of imide groups is 1. The number of nitrogens with zero attached hydrogens (tertiary/aromatic N) is 6. The van der Waals surface area contributed by atoms with Crippen LogP contribution in [0.4, 0.5) is 19.8 Å². The zero-order valence-corrected chi connectivity index (χ0v) is 29.2. The van der Waals surface area contributed by atoms with E-state index in [0.29, 0.717) is 40.3 Å². The summed E-state index contributed by atoms with van der Waals surface area (Å²) in [5.74, 6) is -0.387. The first-order valence-corrected chi connectivity index (χ1v) is 16.1. The second kappa shape index (κ2) is 12.7. The van der Waals surface area contributed by atoms with E-state index >= 15 is 4.39 Å².